The highest BCUT2D eigenvalue weighted by molar-refractivity contribution is 6.30. The number of hydrogen-bond donors (Lipinski definition) is 2. The number of amides is 1. The maximum Gasteiger partial charge on any atom is 0.244 e. The van der Waals surface area contributed by atoms with E-state index >= 15 is 0 Å². The molecule has 104 valence electrons. The van der Waals surface area contributed by atoms with E-state index in [1.165, 1.54) is 6.08 Å². The fourth-order valence-corrected chi connectivity index (χ4v) is 1.82. The Morgan fingerprint density at radius 2 is 2.11 bits per heavy atom. The maximum atomic E-state index is 11.7. The van der Waals surface area contributed by atoms with E-state index in [-0.39, 0.29) is 11.9 Å². The minimum Gasteiger partial charge on any atom is -0.349 e. The van der Waals surface area contributed by atoms with Gasteiger partial charge in [-0.25, -0.2) is 0 Å². The largest absolute Gasteiger partial charge is 0.349 e. The van der Waals surface area contributed by atoms with Gasteiger partial charge in [0.1, 0.15) is 0 Å². The SMILES string of the molecule is CCCCC(CN)NC(=O)/C=C/c1ccc(Cl)cc1. The van der Waals surface area contributed by atoms with E-state index < -0.39 is 0 Å². The van der Waals surface area contributed by atoms with Crippen LogP contribution in [-0.4, -0.2) is 18.5 Å². The summed E-state index contributed by atoms with van der Waals surface area (Å²) >= 11 is 5.79. The lowest BCUT2D eigenvalue weighted by molar-refractivity contribution is -0.117. The topological polar surface area (TPSA) is 55.1 Å². The number of carbonyl (C=O) groups excluding carboxylic acids is 1. The van der Waals surface area contributed by atoms with Crippen molar-refractivity contribution >= 4 is 23.6 Å². The molecule has 1 amide bonds. The third-order valence-corrected chi connectivity index (χ3v) is 3.09. The normalized spacial score (nSPS) is 12.6. The Morgan fingerprint density at radius 1 is 1.42 bits per heavy atom. The van der Waals surface area contributed by atoms with Gasteiger partial charge >= 0.3 is 0 Å². The van der Waals surface area contributed by atoms with Crippen LogP contribution in [0.2, 0.25) is 5.02 Å². The van der Waals surface area contributed by atoms with Gasteiger partial charge < -0.3 is 11.1 Å². The van der Waals surface area contributed by atoms with Crippen molar-refractivity contribution in [2.24, 2.45) is 5.73 Å². The van der Waals surface area contributed by atoms with Crippen LogP contribution in [0.25, 0.3) is 6.08 Å². The van der Waals surface area contributed by atoms with Gasteiger partial charge in [0.05, 0.1) is 0 Å². The zero-order valence-corrected chi connectivity index (χ0v) is 12.0. The molecular formula is C15H21ClN2O. The van der Waals surface area contributed by atoms with Gasteiger partial charge in [-0.15, -0.1) is 0 Å². The third-order valence-electron chi connectivity index (χ3n) is 2.83. The number of halogens is 1. The van der Waals surface area contributed by atoms with Crippen LogP contribution in [-0.2, 0) is 4.79 Å². The second-order valence-electron chi connectivity index (χ2n) is 4.47. The molecule has 0 fully saturated rings. The molecule has 0 saturated carbocycles. The summed E-state index contributed by atoms with van der Waals surface area (Å²) in [6.07, 6.45) is 6.39. The van der Waals surface area contributed by atoms with Crippen molar-refractivity contribution in [2.75, 3.05) is 6.54 Å². The first kappa shape index (κ1) is 15.7. The Hall–Kier alpha value is -1.32. The van der Waals surface area contributed by atoms with Crippen LogP contribution in [0.5, 0.6) is 0 Å². The molecule has 1 rings (SSSR count). The molecule has 3 N–H and O–H groups in total. The fourth-order valence-electron chi connectivity index (χ4n) is 1.69. The molecule has 0 saturated heterocycles. The summed E-state index contributed by atoms with van der Waals surface area (Å²) in [6, 6.07) is 7.38. The van der Waals surface area contributed by atoms with Gasteiger partial charge in [0.15, 0.2) is 0 Å². The lowest BCUT2D eigenvalue weighted by Crippen LogP contribution is -2.39. The van der Waals surface area contributed by atoms with E-state index in [0.29, 0.717) is 11.6 Å². The summed E-state index contributed by atoms with van der Waals surface area (Å²) in [6.45, 7) is 2.59. The Labute approximate surface area is 119 Å². The smallest absolute Gasteiger partial charge is 0.244 e. The van der Waals surface area contributed by atoms with Gasteiger partial charge in [-0.05, 0) is 30.2 Å². The second kappa shape index (κ2) is 8.73. The summed E-state index contributed by atoms with van der Waals surface area (Å²) < 4.78 is 0. The van der Waals surface area contributed by atoms with Crippen molar-refractivity contribution in [1.82, 2.24) is 5.32 Å². The lowest BCUT2D eigenvalue weighted by Gasteiger charge is -2.14. The van der Waals surface area contributed by atoms with Crippen LogP contribution in [0.4, 0.5) is 0 Å². The Kier molecular flexibility index (Phi) is 7.23. The number of unbranched alkanes of at least 4 members (excludes halogenated alkanes) is 1. The van der Waals surface area contributed by atoms with Crippen molar-refractivity contribution in [3.05, 3.63) is 40.9 Å². The first-order chi connectivity index (χ1) is 9.15. The van der Waals surface area contributed by atoms with Gasteiger partial charge in [-0.1, -0.05) is 43.5 Å². The van der Waals surface area contributed by atoms with Crippen LogP contribution in [0.1, 0.15) is 31.7 Å². The summed E-state index contributed by atoms with van der Waals surface area (Å²) in [7, 11) is 0. The summed E-state index contributed by atoms with van der Waals surface area (Å²) in [5.74, 6) is -0.110. The van der Waals surface area contributed by atoms with Crippen LogP contribution < -0.4 is 11.1 Å². The molecular weight excluding hydrogens is 260 g/mol. The molecule has 0 heterocycles. The predicted octanol–water partition coefficient (Wildman–Crippen LogP) is 2.99. The van der Waals surface area contributed by atoms with E-state index in [9.17, 15) is 4.79 Å². The summed E-state index contributed by atoms with van der Waals surface area (Å²) in [5, 5.41) is 3.59. The Bertz CT molecular complexity index is 415. The van der Waals surface area contributed by atoms with E-state index in [0.717, 1.165) is 24.8 Å². The molecule has 0 bridgehead atoms. The highest BCUT2D eigenvalue weighted by atomic mass is 35.5. The van der Waals surface area contributed by atoms with Crippen molar-refractivity contribution in [3.63, 3.8) is 0 Å². The van der Waals surface area contributed by atoms with E-state index in [4.69, 9.17) is 17.3 Å². The Morgan fingerprint density at radius 3 is 2.68 bits per heavy atom. The number of hydrogen-bond acceptors (Lipinski definition) is 2. The second-order valence-corrected chi connectivity index (χ2v) is 4.90. The molecule has 1 unspecified atom stereocenters. The lowest BCUT2D eigenvalue weighted by atomic mass is 10.1. The predicted molar refractivity (Wildman–Crippen MR) is 81.0 cm³/mol. The van der Waals surface area contributed by atoms with Crippen LogP contribution in [0.3, 0.4) is 0 Å². The molecule has 19 heavy (non-hydrogen) atoms. The van der Waals surface area contributed by atoms with Crippen LogP contribution in [0.15, 0.2) is 30.3 Å². The van der Waals surface area contributed by atoms with Gasteiger partial charge in [-0.2, -0.15) is 0 Å². The van der Waals surface area contributed by atoms with Crippen molar-refractivity contribution < 1.29 is 4.79 Å². The molecule has 0 radical (unpaired) electrons. The molecule has 0 spiro atoms. The minimum absolute atomic E-state index is 0.0577. The molecule has 1 aromatic carbocycles. The van der Waals surface area contributed by atoms with Gasteiger partial charge in [0.2, 0.25) is 5.91 Å². The van der Waals surface area contributed by atoms with Crippen molar-refractivity contribution in [2.45, 2.75) is 32.2 Å². The summed E-state index contributed by atoms with van der Waals surface area (Å²) in [5.41, 5.74) is 6.57. The molecule has 0 aliphatic rings. The minimum atomic E-state index is -0.110. The van der Waals surface area contributed by atoms with Crippen molar-refractivity contribution in [3.8, 4) is 0 Å². The van der Waals surface area contributed by atoms with E-state index in [2.05, 4.69) is 12.2 Å². The van der Waals surface area contributed by atoms with Gasteiger partial charge in [0, 0.05) is 23.7 Å². The first-order valence-electron chi connectivity index (χ1n) is 6.60. The monoisotopic (exact) mass is 280 g/mol. The number of carbonyl (C=O) groups is 1. The molecule has 1 atom stereocenters. The number of nitrogens with two attached hydrogens (primary N) is 1. The molecule has 1 aromatic rings. The molecule has 0 aliphatic carbocycles. The van der Waals surface area contributed by atoms with Gasteiger partial charge in [0.25, 0.3) is 0 Å². The Balaban J connectivity index is 2.47. The van der Waals surface area contributed by atoms with Crippen LogP contribution >= 0.6 is 11.6 Å². The fraction of sp³-hybridized carbons (Fsp3) is 0.400. The molecule has 0 aromatic heterocycles. The standard InChI is InChI=1S/C15H21ClN2O/c1-2-3-4-14(11-17)18-15(19)10-7-12-5-8-13(16)9-6-12/h5-10,14H,2-4,11,17H2,1H3,(H,18,19)/b10-7+. The molecule has 4 heteroatoms. The molecule has 3 nitrogen and oxygen atoms in total. The zero-order valence-electron chi connectivity index (χ0n) is 11.2. The number of benzene rings is 1. The highest BCUT2D eigenvalue weighted by Gasteiger charge is 2.07. The number of rotatable bonds is 7. The van der Waals surface area contributed by atoms with Crippen molar-refractivity contribution in [1.29, 1.82) is 0 Å². The zero-order chi connectivity index (χ0) is 14.1. The average molecular weight is 281 g/mol. The average Bonchev–Trinajstić information content (AvgIpc) is 2.42. The van der Waals surface area contributed by atoms with Gasteiger partial charge in [-0.3, -0.25) is 4.79 Å². The quantitative estimate of drug-likeness (QED) is 0.755. The maximum absolute atomic E-state index is 11.7. The van der Waals surface area contributed by atoms with Crippen LogP contribution in [0, 0.1) is 0 Å². The number of nitrogens with one attached hydrogen (secondary N) is 1. The third kappa shape index (κ3) is 6.41. The summed E-state index contributed by atoms with van der Waals surface area (Å²) in [4.78, 5) is 11.7. The first-order valence-corrected chi connectivity index (χ1v) is 6.97. The van der Waals surface area contributed by atoms with E-state index in [1.807, 2.05) is 12.1 Å². The molecule has 0 aliphatic heterocycles. The van der Waals surface area contributed by atoms with E-state index in [1.54, 1.807) is 18.2 Å². The highest BCUT2D eigenvalue weighted by Crippen LogP contribution is 2.10.